The van der Waals surface area contributed by atoms with Crippen LogP contribution >= 0.6 is 22.3 Å². The van der Waals surface area contributed by atoms with Gasteiger partial charge in [-0.3, -0.25) is 4.79 Å². The van der Waals surface area contributed by atoms with E-state index < -0.39 is 9.05 Å². The van der Waals surface area contributed by atoms with Gasteiger partial charge in [-0.15, -0.1) is 0 Å². The van der Waals surface area contributed by atoms with Gasteiger partial charge in [0.15, 0.2) is 0 Å². The van der Waals surface area contributed by atoms with Crippen LogP contribution in [0, 0.1) is 0 Å². The minimum atomic E-state index is -3.90. The first kappa shape index (κ1) is 15.6. The van der Waals surface area contributed by atoms with Crippen LogP contribution in [0.15, 0.2) is 23.1 Å². The number of halogens is 2. The van der Waals surface area contributed by atoms with Crippen LogP contribution in [0.3, 0.4) is 0 Å². The van der Waals surface area contributed by atoms with E-state index in [2.05, 4.69) is 0 Å². The summed E-state index contributed by atoms with van der Waals surface area (Å²) in [5, 5.41) is 0.185. The highest BCUT2D eigenvalue weighted by Crippen LogP contribution is 2.25. The Hall–Kier alpha value is -0.820. The fourth-order valence-electron chi connectivity index (χ4n) is 2.00. The van der Waals surface area contributed by atoms with Gasteiger partial charge in [0.1, 0.15) is 0 Å². The molecule has 0 aromatic heterocycles. The third-order valence-corrected chi connectivity index (χ3v) is 4.90. The number of hydrogen-bond donors (Lipinski definition) is 0. The van der Waals surface area contributed by atoms with Crippen molar-refractivity contribution < 1.29 is 17.9 Å². The van der Waals surface area contributed by atoms with E-state index in [1.807, 2.05) is 0 Å². The molecule has 1 aromatic carbocycles. The van der Waals surface area contributed by atoms with Gasteiger partial charge in [-0.05, 0) is 24.6 Å². The number of nitrogens with zero attached hydrogens (tertiary/aromatic N) is 1. The van der Waals surface area contributed by atoms with Crippen molar-refractivity contribution in [2.24, 2.45) is 0 Å². The number of likely N-dealkylation sites (N-methyl/N-ethyl adjacent to an activating group) is 1. The zero-order valence-electron chi connectivity index (χ0n) is 10.7. The number of amides is 1. The molecule has 0 bridgehead atoms. The number of hydrogen-bond acceptors (Lipinski definition) is 4. The molecule has 1 unspecified atom stereocenters. The molecule has 0 aliphatic carbocycles. The standard InChI is InChI=1S/C12H13Cl2NO4S/c1-15(8-4-5-19-7-8)12(16)10-6-9(20(14,17)18)2-3-11(10)13/h2-3,6,8H,4-5,7H2,1H3. The first-order chi connectivity index (χ1) is 9.30. The second kappa shape index (κ2) is 5.89. The second-order valence-corrected chi connectivity index (χ2v) is 7.49. The Morgan fingerprint density at radius 1 is 1.45 bits per heavy atom. The van der Waals surface area contributed by atoms with E-state index in [9.17, 15) is 13.2 Å². The third-order valence-electron chi connectivity index (χ3n) is 3.22. The number of carbonyl (C=O) groups excluding carboxylic acids is 1. The van der Waals surface area contributed by atoms with Gasteiger partial charge in [0.25, 0.3) is 15.0 Å². The molecule has 1 aliphatic heterocycles. The molecule has 0 radical (unpaired) electrons. The summed E-state index contributed by atoms with van der Waals surface area (Å²) in [4.78, 5) is 13.7. The highest BCUT2D eigenvalue weighted by molar-refractivity contribution is 8.13. The van der Waals surface area contributed by atoms with Crippen LogP contribution in [0.4, 0.5) is 0 Å². The molecule has 1 atom stereocenters. The summed E-state index contributed by atoms with van der Waals surface area (Å²) in [7, 11) is 3.02. The van der Waals surface area contributed by atoms with E-state index in [0.29, 0.717) is 13.2 Å². The normalized spacial score (nSPS) is 19.1. The Morgan fingerprint density at radius 3 is 2.70 bits per heavy atom. The minimum absolute atomic E-state index is 0.0326. The molecule has 0 saturated carbocycles. The molecule has 0 N–H and O–H groups in total. The molecular formula is C12H13Cl2NO4S. The second-order valence-electron chi connectivity index (χ2n) is 4.51. The van der Waals surface area contributed by atoms with E-state index in [4.69, 9.17) is 27.0 Å². The largest absolute Gasteiger partial charge is 0.379 e. The molecule has 1 heterocycles. The maximum absolute atomic E-state index is 12.4. The first-order valence-corrected chi connectivity index (χ1v) is 8.58. The quantitative estimate of drug-likeness (QED) is 0.792. The van der Waals surface area contributed by atoms with Crippen LogP contribution in [0.1, 0.15) is 16.8 Å². The average Bonchev–Trinajstić information content (AvgIpc) is 2.90. The fraction of sp³-hybridized carbons (Fsp3) is 0.417. The molecule has 110 valence electrons. The number of rotatable bonds is 3. The van der Waals surface area contributed by atoms with Crippen LogP contribution in [0.5, 0.6) is 0 Å². The molecule has 1 aromatic rings. The van der Waals surface area contributed by atoms with E-state index in [1.54, 1.807) is 7.05 Å². The summed E-state index contributed by atoms with van der Waals surface area (Å²) in [5.74, 6) is -0.354. The Morgan fingerprint density at radius 2 is 2.15 bits per heavy atom. The monoisotopic (exact) mass is 337 g/mol. The van der Waals surface area contributed by atoms with Crippen molar-refractivity contribution in [2.75, 3.05) is 20.3 Å². The fourth-order valence-corrected chi connectivity index (χ4v) is 2.98. The summed E-state index contributed by atoms with van der Waals surface area (Å²) in [6.07, 6.45) is 0.743. The molecular weight excluding hydrogens is 325 g/mol. The molecule has 5 nitrogen and oxygen atoms in total. The Bertz CT molecular complexity index is 626. The van der Waals surface area contributed by atoms with E-state index in [1.165, 1.54) is 23.1 Å². The number of carbonyl (C=O) groups is 1. The van der Waals surface area contributed by atoms with Crippen molar-refractivity contribution in [3.05, 3.63) is 28.8 Å². The summed E-state index contributed by atoms with van der Waals surface area (Å²) < 4.78 is 27.9. The summed E-state index contributed by atoms with van der Waals surface area (Å²) in [6, 6.07) is 3.78. The minimum Gasteiger partial charge on any atom is -0.379 e. The molecule has 1 amide bonds. The molecule has 1 saturated heterocycles. The van der Waals surface area contributed by atoms with Gasteiger partial charge in [-0.2, -0.15) is 0 Å². The lowest BCUT2D eigenvalue weighted by Crippen LogP contribution is -2.37. The van der Waals surface area contributed by atoms with Crippen LogP contribution in [-0.4, -0.2) is 45.5 Å². The molecule has 0 spiro atoms. The molecule has 2 rings (SSSR count). The van der Waals surface area contributed by atoms with E-state index in [0.717, 1.165) is 6.42 Å². The van der Waals surface area contributed by atoms with Gasteiger partial charge in [0, 0.05) is 24.3 Å². The van der Waals surface area contributed by atoms with E-state index >= 15 is 0 Å². The van der Waals surface area contributed by atoms with Crippen LogP contribution in [0.25, 0.3) is 0 Å². The lowest BCUT2D eigenvalue weighted by Gasteiger charge is -2.23. The van der Waals surface area contributed by atoms with Crippen molar-refractivity contribution in [1.82, 2.24) is 4.90 Å². The maximum atomic E-state index is 12.4. The predicted octanol–water partition coefficient (Wildman–Crippen LogP) is 2.13. The van der Waals surface area contributed by atoms with Crippen LogP contribution in [-0.2, 0) is 13.8 Å². The molecule has 1 fully saturated rings. The Labute approximate surface area is 126 Å². The third kappa shape index (κ3) is 3.25. The van der Waals surface area contributed by atoms with Gasteiger partial charge in [-0.1, -0.05) is 11.6 Å². The zero-order chi connectivity index (χ0) is 14.9. The lowest BCUT2D eigenvalue weighted by molar-refractivity contribution is 0.0711. The summed E-state index contributed by atoms with van der Waals surface area (Å²) >= 11 is 5.98. The van der Waals surface area contributed by atoms with Crippen molar-refractivity contribution in [3.63, 3.8) is 0 Å². The van der Waals surface area contributed by atoms with Gasteiger partial charge in [0.2, 0.25) is 0 Å². The molecule has 20 heavy (non-hydrogen) atoms. The van der Waals surface area contributed by atoms with Crippen LogP contribution in [0.2, 0.25) is 5.02 Å². The van der Waals surface area contributed by atoms with Crippen molar-refractivity contribution in [3.8, 4) is 0 Å². The summed E-state index contributed by atoms with van der Waals surface area (Å²) in [5.41, 5.74) is 0.114. The van der Waals surface area contributed by atoms with Crippen LogP contribution < -0.4 is 0 Å². The highest BCUT2D eigenvalue weighted by atomic mass is 35.7. The van der Waals surface area contributed by atoms with Gasteiger partial charge < -0.3 is 9.64 Å². The van der Waals surface area contributed by atoms with Crippen molar-refractivity contribution >= 4 is 37.2 Å². The Balaban J connectivity index is 2.33. The SMILES string of the molecule is CN(C(=O)c1cc(S(=O)(=O)Cl)ccc1Cl)C1CCOC1. The predicted molar refractivity (Wildman–Crippen MR) is 75.8 cm³/mol. The first-order valence-electron chi connectivity index (χ1n) is 5.90. The summed E-state index contributed by atoms with van der Waals surface area (Å²) in [6.45, 7) is 1.07. The molecule has 1 aliphatic rings. The van der Waals surface area contributed by atoms with Crippen molar-refractivity contribution in [2.45, 2.75) is 17.4 Å². The molecule has 8 heteroatoms. The van der Waals surface area contributed by atoms with Gasteiger partial charge in [-0.25, -0.2) is 8.42 Å². The smallest absolute Gasteiger partial charge is 0.261 e. The van der Waals surface area contributed by atoms with Crippen molar-refractivity contribution in [1.29, 1.82) is 0 Å². The average molecular weight is 338 g/mol. The lowest BCUT2D eigenvalue weighted by atomic mass is 10.1. The maximum Gasteiger partial charge on any atom is 0.261 e. The zero-order valence-corrected chi connectivity index (χ0v) is 13.0. The Kier molecular flexibility index (Phi) is 4.59. The highest BCUT2D eigenvalue weighted by Gasteiger charge is 2.27. The van der Waals surface area contributed by atoms with E-state index in [-0.39, 0.29) is 27.4 Å². The van der Waals surface area contributed by atoms with Gasteiger partial charge in [0.05, 0.1) is 28.1 Å². The topological polar surface area (TPSA) is 63.7 Å². The number of ether oxygens (including phenoxy) is 1. The number of benzene rings is 1. The van der Waals surface area contributed by atoms with Gasteiger partial charge >= 0.3 is 0 Å².